The van der Waals surface area contributed by atoms with Crippen LogP contribution in [-0.4, -0.2) is 43.0 Å². The molecule has 0 radical (unpaired) electrons. The molecule has 3 rings (SSSR count). The fourth-order valence-corrected chi connectivity index (χ4v) is 3.93. The van der Waals surface area contributed by atoms with Crippen molar-refractivity contribution in [3.8, 4) is 5.75 Å². The molecule has 0 unspecified atom stereocenters. The number of nitrogens with one attached hydrogen (secondary N) is 2. The van der Waals surface area contributed by atoms with Gasteiger partial charge in [0.2, 0.25) is 5.91 Å². The van der Waals surface area contributed by atoms with Crippen LogP contribution in [0.4, 0.5) is 11.4 Å². The van der Waals surface area contributed by atoms with Gasteiger partial charge in [-0.2, -0.15) is 0 Å². The monoisotopic (exact) mass is 487 g/mol. The minimum Gasteiger partial charge on any atom is -0.494 e. The number of nitrogens with zero attached hydrogens (tertiary/aromatic N) is 1. The van der Waals surface area contributed by atoms with E-state index in [0.29, 0.717) is 17.9 Å². The lowest BCUT2D eigenvalue weighted by Crippen LogP contribution is -2.32. The van der Waals surface area contributed by atoms with E-state index in [1.54, 1.807) is 6.07 Å². The smallest absolute Gasteiger partial charge is 0.253 e. The maximum absolute atomic E-state index is 12.8. The van der Waals surface area contributed by atoms with Gasteiger partial charge in [-0.1, -0.05) is 50.2 Å². The van der Waals surface area contributed by atoms with Crippen LogP contribution < -0.4 is 15.4 Å². The molecular weight excluding hydrogens is 450 g/mol. The number of amides is 2. The van der Waals surface area contributed by atoms with E-state index in [1.165, 1.54) is 5.56 Å². The molecule has 0 saturated carbocycles. The molecule has 2 N–H and O–H groups in total. The van der Waals surface area contributed by atoms with Crippen LogP contribution in [0.15, 0.2) is 78.9 Å². The highest BCUT2D eigenvalue weighted by Gasteiger charge is 2.14. The van der Waals surface area contributed by atoms with Crippen molar-refractivity contribution >= 4 is 23.2 Å². The van der Waals surface area contributed by atoms with Gasteiger partial charge in [0.25, 0.3) is 5.91 Å². The number of rotatable bonds is 14. The maximum atomic E-state index is 12.8. The van der Waals surface area contributed by atoms with Crippen molar-refractivity contribution in [3.05, 3.63) is 90.0 Å². The third-order valence-corrected chi connectivity index (χ3v) is 5.70. The van der Waals surface area contributed by atoms with Crippen LogP contribution in [0.25, 0.3) is 0 Å². The van der Waals surface area contributed by atoms with Crippen molar-refractivity contribution in [2.45, 2.75) is 39.5 Å². The summed E-state index contributed by atoms with van der Waals surface area (Å²) < 4.78 is 5.81. The Hall–Kier alpha value is -3.80. The molecule has 0 fully saturated rings. The molecule has 3 aromatic rings. The Morgan fingerprint density at radius 2 is 1.56 bits per heavy atom. The van der Waals surface area contributed by atoms with Crippen LogP contribution >= 0.6 is 0 Å². The first-order chi connectivity index (χ1) is 17.6. The summed E-state index contributed by atoms with van der Waals surface area (Å²) in [5.41, 5.74) is 3.38. The second kappa shape index (κ2) is 14.6. The van der Waals surface area contributed by atoms with Crippen molar-refractivity contribution in [3.63, 3.8) is 0 Å². The van der Waals surface area contributed by atoms with Gasteiger partial charge >= 0.3 is 0 Å². The summed E-state index contributed by atoms with van der Waals surface area (Å²) in [4.78, 5) is 27.2. The molecule has 190 valence electrons. The lowest BCUT2D eigenvalue weighted by atomic mass is 10.1. The second-order valence-electron chi connectivity index (χ2n) is 8.74. The Bertz CT molecular complexity index is 1080. The van der Waals surface area contributed by atoms with E-state index in [4.69, 9.17) is 4.74 Å². The molecule has 0 aliphatic carbocycles. The Morgan fingerprint density at radius 1 is 0.833 bits per heavy atom. The minimum atomic E-state index is -0.165. The zero-order chi connectivity index (χ0) is 25.6. The van der Waals surface area contributed by atoms with Gasteiger partial charge in [-0.3, -0.25) is 9.59 Å². The summed E-state index contributed by atoms with van der Waals surface area (Å²) in [5.74, 6) is 0.636. The molecule has 0 bridgehead atoms. The van der Waals surface area contributed by atoms with E-state index < -0.39 is 0 Å². The predicted molar refractivity (Wildman–Crippen MR) is 147 cm³/mol. The van der Waals surface area contributed by atoms with E-state index in [2.05, 4.69) is 36.6 Å². The van der Waals surface area contributed by atoms with Crippen molar-refractivity contribution in [2.24, 2.45) is 0 Å². The van der Waals surface area contributed by atoms with Gasteiger partial charge in [-0.15, -0.1) is 0 Å². The molecule has 0 heterocycles. The molecule has 0 spiro atoms. The van der Waals surface area contributed by atoms with Gasteiger partial charge in [0.15, 0.2) is 0 Å². The lowest BCUT2D eigenvalue weighted by molar-refractivity contribution is -0.114. The molecule has 0 aliphatic heterocycles. The second-order valence-corrected chi connectivity index (χ2v) is 8.74. The first-order valence-corrected chi connectivity index (χ1v) is 12.8. The van der Waals surface area contributed by atoms with Crippen molar-refractivity contribution in [2.75, 3.05) is 36.9 Å². The van der Waals surface area contributed by atoms with Gasteiger partial charge in [0, 0.05) is 30.0 Å². The molecule has 0 aromatic heterocycles. The van der Waals surface area contributed by atoms with Crippen LogP contribution in [0.2, 0.25) is 0 Å². The van der Waals surface area contributed by atoms with E-state index in [9.17, 15) is 9.59 Å². The molecule has 0 aliphatic rings. The largest absolute Gasteiger partial charge is 0.494 e. The standard InChI is InChI=1S/C30H37N3O3/c1-3-19-33(20-4-2)30(35)25-13-8-14-27(22-25)31-23-29(34)32-26-15-17-28(18-16-26)36-21-9-12-24-10-6-5-7-11-24/h5-8,10-11,13-18,22,31H,3-4,9,12,19-21,23H2,1-2H3,(H,32,34). The molecule has 0 atom stereocenters. The molecule has 0 saturated heterocycles. The highest BCUT2D eigenvalue weighted by atomic mass is 16.5. The fraction of sp³-hybridized carbons (Fsp3) is 0.333. The summed E-state index contributed by atoms with van der Waals surface area (Å²) in [7, 11) is 0. The van der Waals surface area contributed by atoms with E-state index in [0.717, 1.165) is 50.2 Å². The van der Waals surface area contributed by atoms with Gasteiger partial charge in [-0.25, -0.2) is 0 Å². The number of hydrogen-bond donors (Lipinski definition) is 2. The minimum absolute atomic E-state index is 0.0224. The predicted octanol–water partition coefficient (Wildman–Crippen LogP) is 6.01. The number of carbonyl (C=O) groups is 2. The molecule has 6 nitrogen and oxygen atoms in total. The zero-order valence-electron chi connectivity index (χ0n) is 21.3. The third-order valence-electron chi connectivity index (χ3n) is 5.70. The van der Waals surface area contributed by atoms with Crippen LogP contribution in [0.5, 0.6) is 5.75 Å². The lowest BCUT2D eigenvalue weighted by Gasteiger charge is -2.21. The van der Waals surface area contributed by atoms with Gasteiger partial charge < -0.3 is 20.3 Å². The molecular formula is C30H37N3O3. The number of ether oxygens (including phenoxy) is 1. The molecule has 6 heteroatoms. The SMILES string of the molecule is CCCN(CCC)C(=O)c1cccc(NCC(=O)Nc2ccc(OCCCc3ccccc3)cc2)c1. The van der Waals surface area contributed by atoms with Crippen LogP contribution in [-0.2, 0) is 11.2 Å². The highest BCUT2D eigenvalue weighted by Crippen LogP contribution is 2.17. The topological polar surface area (TPSA) is 70.7 Å². The molecule has 36 heavy (non-hydrogen) atoms. The van der Waals surface area contributed by atoms with Crippen LogP contribution in [0, 0.1) is 0 Å². The Labute approximate surface area is 214 Å². The summed E-state index contributed by atoms with van der Waals surface area (Å²) >= 11 is 0. The van der Waals surface area contributed by atoms with Gasteiger partial charge in [-0.05, 0) is 73.7 Å². The number of anilines is 2. The summed E-state index contributed by atoms with van der Waals surface area (Å²) in [5, 5.41) is 6.00. The Morgan fingerprint density at radius 3 is 2.25 bits per heavy atom. The summed E-state index contributed by atoms with van der Waals surface area (Å²) in [6.07, 6.45) is 3.77. The van der Waals surface area contributed by atoms with Gasteiger partial charge in [0.05, 0.1) is 13.2 Å². The quantitative estimate of drug-likeness (QED) is 0.273. The average molecular weight is 488 g/mol. The van der Waals surface area contributed by atoms with E-state index in [1.807, 2.05) is 65.6 Å². The normalized spacial score (nSPS) is 10.5. The summed E-state index contributed by atoms with van der Waals surface area (Å²) in [6, 6.07) is 25.1. The highest BCUT2D eigenvalue weighted by molar-refractivity contribution is 5.96. The van der Waals surface area contributed by atoms with E-state index >= 15 is 0 Å². The first kappa shape index (κ1) is 26.8. The van der Waals surface area contributed by atoms with Crippen LogP contribution in [0.1, 0.15) is 49.0 Å². The maximum Gasteiger partial charge on any atom is 0.253 e. The summed E-state index contributed by atoms with van der Waals surface area (Å²) in [6.45, 7) is 6.36. The zero-order valence-corrected chi connectivity index (χ0v) is 21.3. The number of aryl methyl sites for hydroxylation is 1. The Balaban J connectivity index is 1.43. The first-order valence-electron chi connectivity index (χ1n) is 12.8. The van der Waals surface area contributed by atoms with Crippen molar-refractivity contribution < 1.29 is 14.3 Å². The third kappa shape index (κ3) is 8.77. The van der Waals surface area contributed by atoms with E-state index in [-0.39, 0.29) is 18.4 Å². The number of hydrogen-bond acceptors (Lipinski definition) is 4. The molecule has 2 amide bonds. The van der Waals surface area contributed by atoms with Gasteiger partial charge in [0.1, 0.15) is 5.75 Å². The van der Waals surface area contributed by atoms with Crippen LogP contribution in [0.3, 0.4) is 0 Å². The average Bonchev–Trinajstić information content (AvgIpc) is 2.91. The number of benzene rings is 3. The van der Waals surface area contributed by atoms with Crippen molar-refractivity contribution in [1.29, 1.82) is 0 Å². The number of carbonyl (C=O) groups excluding carboxylic acids is 2. The molecule has 3 aromatic carbocycles. The van der Waals surface area contributed by atoms with Crippen molar-refractivity contribution in [1.82, 2.24) is 4.90 Å². The Kier molecular flexibility index (Phi) is 10.8. The fourth-order valence-electron chi connectivity index (χ4n) is 3.93.